The fourth-order valence-electron chi connectivity index (χ4n) is 1.69. The Labute approximate surface area is 120 Å². The summed E-state index contributed by atoms with van der Waals surface area (Å²) in [7, 11) is 0. The van der Waals surface area contributed by atoms with Crippen molar-refractivity contribution in [3.63, 3.8) is 0 Å². The van der Waals surface area contributed by atoms with E-state index in [1.54, 1.807) is 9.46 Å². The van der Waals surface area contributed by atoms with Crippen LogP contribution < -0.4 is 19.1 Å². The number of aromatic nitrogens is 2. The van der Waals surface area contributed by atoms with Crippen LogP contribution in [-0.2, 0) is 0 Å². The van der Waals surface area contributed by atoms with Gasteiger partial charge in [-0.25, -0.2) is 0 Å². The molecule has 0 unspecified atom stereocenters. The monoisotopic (exact) mass is 274 g/mol. The normalized spacial score (nSPS) is 10.3. The van der Waals surface area contributed by atoms with Gasteiger partial charge in [0.05, 0.1) is 0 Å². The zero-order valence-electron chi connectivity index (χ0n) is 12.2. The summed E-state index contributed by atoms with van der Waals surface area (Å²) in [4.78, 5) is 11.2. The van der Waals surface area contributed by atoms with E-state index < -0.39 is 0 Å². The van der Waals surface area contributed by atoms with Crippen molar-refractivity contribution in [2.75, 3.05) is 13.2 Å². The van der Waals surface area contributed by atoms with Gasteiger partial charge in [0.25, 0.3) is 0 Å². The summed E-state index contributed by atoms with van der Waals surface area (Å²) in [6.45, 7) is 5.50. The first-order valence-electron chi connectivity index (χ1n) is 6.96. The smallest absolute Gasteiger partial charge is 0.222 e. The molecule has 0 aliphatic carbocycles. The van der Waals surface area contributed by atoms with Crippen LogP contribution in [0.3, 0.4) is 0 Å². The minimum absolute atomic E-state index is 0.690. The maximum atomic E-state index is 5.58. The molecule has 2 heterocycles. The van der Waals surface area contributed by atoms with Crippen molar-refractivity contribution < 1.29 is 19.1 Å². The molecule has 0 radical (unpaired) electrons. The predicted molar refractivity (Wildman–Crippen MR) is 74.9 cm³/mol. The lowest BCUT2D eigenvalue weighted by Gasteiger charge is -2.00. The van der Waals surface area contributed by atoms with Gasteiger partial charge in [-0.15, -0.1) is 0 Å². The van der Waals surface area contributed by atoms with Gasteiger partial charge in [-0.3, -0.25) is 9.68 Å². The highest BCUT2D eigenvalue weighted by Crippen LogP contribution is 1.91. The number of unbranched alkanes of at least 4 members (excludes halogenated alkanes) is 1. The molecule has 20 heavy (non-hydrogen) atoms. The Morgan fingerprint density at radius 1 is 0.700 bits per heavy atom. The van der Waals surface area contributed by atoms with Crippen LogP contribution in [0.4, 0.5) is 0 Å². The summed E-state index contributed by atoms with van der Waals surface area (Å²) in [6.07, 6.45) is 9.63. The van der Waals surface area contributed by atoms with Gasteiger partial charge < -0.3 is 0 Å². The van der Waals surface area contributed by atoms with Crippen LogP contribution in [0.1, 0.15) is 24.0 Å². The number of pyridine rings is 2. The fraction of sp³-hybridized carbons (Fsp3) is 0.375. The molecule has 0 aromatic carbocycles. The predicted octanol–water partition coefficient (Wildman–Crippen LogP) is 1.22. The maximum Gasteiger partial charge on any atom is 0.222 e. The van der Waals surface area contributed by atoms with Crippen LogP contribution in [0.5, 0.6) is 0 Å². The molecule has 4 nitrogen and oxygen atoms in total. The van der Waals surface area contributed by atoms with Crippen LogP contribution in [0.25, 0.3) is 0 Å². The lowest BCUT2D eigenvalue weighted by atomic mass is 10.3. The van der Waals surface area contributed by atoms with Gasteiger partial charge in [-0.2, -0.15) is 0 Å². The number of nitrogens with zero attached hydrogens (tertiary/aromatic N) is 2. The van der Waals surface area contributed by atoms with Gasteiger partial charge in [0.15, 0.2) is 13.2 Å². The topological polar surface area (TPSA) is 26.2 Å². The molecular formula is C16H22N2O2+2. The average molecular weight is 274 g/mol. The molecule has 0 saturated heterocycles. The van der Waals surface area contributed by atoms with Gasteiger partial charge in [0.1, 0.15) is 0 Å². The molecular weight excluding hydrogens is 252 g/mol. The molecule has 106 valence electrons. The quantitative estimate of drug-likeness (QED) is 0.560. The summed E-state index contributed by atoms with van der Waals surface area (Å²) in [5, 5.41) is 0. The van der Waals surface area contributed by atoms with Gasteiger partial charge in [-0.05, 0) is 37.8 Å². The van der Waals surface area contributed by atoms with Crippen molar-refractivity contribution in [3.05, 3.63) is 60.2 Å². The zero-order chi connectivity index (χ0) is 14.2. The van der Waals surface area contributed by atoms with E-state index in [1.165, 1.54) is 11.1 Å². The molecule has 0 aliphatic rings. The maximum absolute atomic E-state index is 5.58. The van der Waals surface area contributed by atoms with Gasteiger partial charge >= 0.3 is 0 Å². The number of rotatable bonds is 7. The third-order valence-electron chi connectivity index (χ3n) is 2.96. The molecule has 0 N–H and O–H groups in total. The van der Waals surface area contributed by atoms with Crippen LogP contribution in [0, 0.1) is 13.8 Å². The molecule has 0 bridgehead atoms. The van der Waals surface area contributed by atoms with Crippen LogP contribution in [-0.4, -0.2) is 13.2 Å². The van der Waals surface area contributed by atoms with E-state index in [1.807, 2.05) is 49.1 Å². The fourth-order valence-corrected chi connectivity index (χ4v) is 1.69. The van der Waals surface area contributed by atoms with E-state index >= 15 is 0 Å². The standard InChI is InChI=1S/C16H22N2O2/c1-15-5-9-17(10-6-15)19-13-3-4-14-20-18-11-7-16(2)8-12-18/h5-12H,3-4,13-14H2,1-2H3/q+2. The number of aryl methyl sites for hydroxylation is 2. The molecule has 0 spiro atoms. The Hall–Kier alpha value is -2.10. The molecule has 0 amide bonds. The second-order valence-corrected chi connectivity index (χ2v) is 4.84. The van der Waals surface area contributed by atoms with Crippen molar-refractivity contribution in [2.24, 2.45) is 0 Å². The first-order valence-corrected chi connectivity index (χ1v) is 6.96. The largest absolute Gasteiger partial charge is 0.271 e. The second kappa shape index (κ2) is 7.48. The van der Waals surface area contributed by atoms with Crippen molar-refractivity contribution in [2.45, 2.75) is 26.7 Å². The SMILES string of the molecule is Cc1cc[n+](OCCCCO[n+]2ccc(C)cc2)cc1. The van der Waals surface area contributed by atoms with E-state index in [-0.39, 0.29) is 0 Å². The summed E-state index contributed by atoms with van der Waals surface area (Å²) >= 11 is 0. The molecule has 2 rings (SSSR count). The molecule has 0 aliphatic heterocycles. The van der Waals surface area contributed by atoms with Crippen LogP contribution in [0.15, 0.2) is 49.1 Å². The minimum atomic E-state index is 0.690. The highest BCUT2D eigenvalue weighted by atomic mass is 16.7. The number of hydrogen-bond acceptors (Lipinski definition) is 2. The van der Waals surface area contributed by atoms with E-state index in [2.05, 4.69) is 13.8 Å². The van der Waals surface area contributed by atoms with E-state index in [9.17, 15) is 0 Å². The van der Waals surface area contributed by atoms with Gasteiger partial charge in [0, 0.05) is 33.7 Å². The lowest BCUT2D eigenvalue weighted by Crippen LogP contribution is -2.43. The Morgan fingerprint density at radius 2 is 1.05 bits per heavy atom. The van der Waals surface area contributed by atoms with Crippen LogP contribution >= 0.6 is 0 Å². The Bertz CT molecular complexity index is 460. The summed E-state index contributed by atoms with van der Waals surface area (Å²) in [5.74, 6) is 0. The molecule has 2 aromatic rings. The average Bonchev–Trinajstić information content (AvgIpc) is 2.46. The third kappa shape index (κ3) is 4.88. The first kappa shape index (κ1) is 14.3. The second-order valence-electron chi connectivity index (χ2n) is 4.84. The van der Waals surface area contributed by atoms with E-state index in [0.717, 1.165) is 12.8 Å². The minimum Gasteiger partial charge on any atom is -0.271 e. The lowest BCUT2D eigenvalue weighted by molar-refractivity contribution is -0.893. The van der Waals surface area contributed by atoms with Crippen molar-refractivity contribution in [1.82, 2.24) is 0 Å². The highest BCUT2D eigenvalue weighted by molar-refractivity contribution is 5.03. The van der Waals surface area contributed by atoms with E-state index in [0.29, 0.717) is 13.2 Å². The third-order valence-corrected chi connectivity index (χ3v) is 2.96. The molecule has 0 atom stereocenters. The van der Waals surface area contributed by atoms with Gasteiger partial charge in [-0.1, -0.05) is 0 Å². The highest BCUT2D eigenvalue weighted by Gasteiger charge is 2.02. The van der Waals surface area contributed by atoms with Crippen LogP contribution in [0.2, 0.25) is 0 Å². The summed E-state index contributed by atoms with van der Waals surface area (Å²) in [5.41, 5.74) is 2.46. The van der Waals surface area contributed by atoms with Gasteiger partial charge in [0.2, 0.25) is 24.8 Å². The zero-order valence-corrected chi connectivity index (χ0v) is 12.2. The number of hydrogen-bond donors (Lipinski definition) is 0. The van der Waals surface area contributed by atoms with Crippen molar-refractivity contribution >= 4 is 0 Å². The Kier molecular flexibility index (Phi) is 5.35. The van der Waals surface area contributed by atoms with Crippen molar-refractivity contribution in [1.29, 1.82) is 0 Å². The Balaban J connectivity index is 1.57. The summed E-state index contributed by atoms with van der Waals surface area (Å²) < 4.78 is 3.48. The molecule has 2 aromatic heterocycles. The first-order chi connectivity index (χ1) is 9.74. The Morgan fingerprint density at radius 3 is 1.40 bits per heavy atom. The molecule has 0 saturated carbocycles. The van der Waals surface area contributed by atoms with Crippen molar-refractivity contribution in [3.8, 4) is 0 Å². The summed E-state index contributed by atoms with van der Waals surface area (Å²) in [6, 6.07) is 8.10. The molecule has 4 heteroatoms. The molecule has 0 fully saturated rings. The van der Waals surface area contributed by atoms with E-state index in [4.69, 9.17) is 9.68 Å².